The van der Waals surface area contributed by atoms with Crippen LogP contribution < -0.4 is 10.5 Å². The van der Waals surface area contributed by atoms with Gasteiger partial charge in [0.15, 0.2) is 0 Å². The maximum Gasteiger partial charge on any atom is 0.240 e. The van der Waals surface area contributed by atoms with Crippen LogP contribution in [0.4, 0.5) is 0 Å². The van der Waals surface area contributed by atoms with Crippen LogP contribution in [0, 0.1) is 12.3 Å². The van der Waals surface area contributed by atoms with Gasteiger partial charge >= 0.3 is 0 Å². The van der Waals surface area contributed by atoms with Crippen LogP contribution in [0.3, 0.4) is 0 Å². The molecule has 15 heavy (non-hydrogen) atoms. The molecular weight excluding hydrogens is 214 g/mol. The van der Waals surface area contributed by atoms with E-state index in [0.717, 1.165) is 5.56 Å². The molecule has 6 heteroatoms. The van der Waals surface area contributed by atoms with Crippen LogP contribution in [-0.4, -0.2) is 20.8 Å². The quantitative estimate of drug-likeness (QED) is 0.506. The molecule has 1 aromatic rings. The number of sulfonamides is 1. The molecule has 1 aromatic carbocycles. The van der Waals surface area contributed by atoms with E-state index >= 15 is 0 Å². The molecule has 0 aliphatic carbocycles. The number of benzene rings is 1. The molecule has 0 saturated carbocycles. The molecule has 0 unspecified atom stereocenters. The highest BCUT2D eigenvalue weighted by atomic mass is 32.2. The van der Waals surface area contributed by atoms with Gasteiger partial charge < -0.3 is 5.73 Å². The molecule has 0 aliphatic heterocycles. The number of nitrogens with one attached hydrogen (secondary N) is 2. The van der Waals surface area contributed by atoms with Crippen molar-refractivity contribution in [1.29, 1.82) is 5.41 Å². The highest BCUT2D eigenvalue weighted by Gasteiger charge is 2.12. The third-order valence-corrected chi connectivity index (χ3v) is 3.20. The molecule has 82 valence electrons. The van der Waals surface area contributed by atoms with Crippen molar-refractivity contribution < 1.29 is 8.42 Å². The van der Waals surface area contributed by atoms with E-state index in [1.165, 1.54) is 12.1 Å². The second kappa shape index (κ2) is 4.41. The summed E-state index contributed by atoms with van der Waals surface area (Å²) in [5.41, 5.74) is 6.04. The number of hydrogen-bond donors (Lipinski definition) is 3. The number of hydrogen-bond acceptors (Lipinski definition) is 3. The van der Waals surface area contributed by atoms with Gasteiger partial charge in [0.05, 0.1) is 11.4 Å². The molecule has 0 bridgehead atoms. The van der Waals surface area contributed by atoms with Crippen LogP contribution in [0.1, 0.15) is 5.56 Å². The summed E-state index contributed by atoms with van der Waals surface area (Å²) in [6.45, 7) is 1.70. The highest BCUT2D eigenvalue weighted by molar-refractivity contribution is 7.89. The largest absolute Gasteiger partial charge is 0.387 e. The Labute approximate surface area is 88.9 Å². The molecule has 4 N–H and O–H groups in total. The molecule has 0 aliphatic rings. The minimum absolute atomic E-state index is 0.170. The summed E-state index contributed by atoms with van der Waals surface area (Å²) in [5.74, 6) is -0.217. The van der Waals surface area contributed by atoms with Gasteiger partial charge in [0.25, 0.3) is 0 Å². The maximum atomic E-state index is 11.6. The van der Waals surface area contributed by atoms with Crippen molar-refractivity contribution >= 4 is 15.9 Å². The van der Waals surface area contributed by atoms with E-state index in [1.54, 1.807) is 12.1 Å². The van der Waals surface area contributed by atoms with Crippen LogP contribution in [0.5, 0.6) is 0 Å². The van der Waals surface area contributed by atoms with Gasteiger partial charge in [-0.25, -0.2) is 13.1 Å². The Morgan fingerprint density at radius 3 is 2.40 bits per heavy atom. The summed E-state index contributed by atoms with van der Waals surface area (Å²) < 4.78 is 25.4. The van der Waals surface area contributed by atoms with E-state index in [9.17, 15) is 8.42 Å². The van der Waals surface area contributed by atoms with Crippen molar-refractivity contribution in [2.24, 2.45) is 5.73 Å². The molecule has 0 amide bonds. The van der Waals surface area contributed by atoms with Crippen LogP contribution in [-0.2, 0) is 10.0 Å². The summed E-state index contributed by atoms with van der Waals surface area (Å²) in [5, 5.41) is 6.92. The van der Waals surface area contributed by atoms with Gasteiger partial charge in [-0.1, -0.05) is 17.7 Å². The highest BCUT2D eigenvalue weighted by Crippen LogP contribution is 2.09. The standard InChI is InChI=1S/C9H13N3O2S/c1-7-2-4-8(5-3-7)15(13,14)12-6-9(10)11/h2-5,12H,6H2,1H3,(H3,10,11). The summed E-state index contributed by atoms with van der Waals surface area (Å²) in [7, 11) is -3.54. The van der Waals surface area contributed by atoms with Crippen LogP contribution >= 0.6 is 0 Å². The Morgan fingerprint density at radius 2 is 1.93 bits per heavy atom. The minimum Gasteiger partial charge on any atom is -0.387 e. The zero-order chi connectivity index (χ0) is 11.5. The Bertz CT molecular complexity index is 451. The molecule has 0 atom stereocenters. The lowest BCUT2D eigenvalue weighted by atomic mass is 10.2. The van der Waals surface area contributed by atoms with E-state index < -0.39 is 10.0 Å². The normalized spacial score (nSPS) is 11.3. The third-order valence-electron chi connectivity index (χ3n) is 1.78. The fraction of sp³-hybridized carbons (Fsp3) is 0.222. The monoisotopic (exact) mass is 227 g/mol. The molecule has 0 spiro atoms. The van der Waals surface area contributed by atoms with E-state index in [4.69, 9.17) is 11.1 Å². The van der Waals surface area contributed by atoms with Gasteiger partial charge in [-0.2, -0.15) is 0 Å². The van der Waals surface area contributed by atoms with Gasteiger partial charge in [0, 0.05) is 0 Å². The Balaban J connectivity index is 2.87. The number of rotatable bonds is 4. The minimum atomic E-state index is -3.54. The molecule has 1 rings (SSSR count). The lowest BCUT2D eigenvalue weighted by molar-refractivity contribution is 0.586. The fourth-order valence-electron chi connectivity index (χ4n) is 0.974. The van der Waals surface area contributed by atoms with E-state index in [2.05, 4.69) is 4.72 Å². The first-order chi connectivity index (χ1) is 6.92. The Kier molecular flexibility index (Phi) is 3.43. The molecule has 0 saturated heterocycles. The molecule has 0 radical (unpaired) electrons. The predicted molar refractivity (Wildman–Crippen MR) is 58.3 cm³/mol. The molecule has 0 aromatic heterocycles. The maximum absolute atomic E-state index is 11.6. The van der Waals surface area contributed by atoms with Crippen LogP contribution in [0.15, 0.2) is 29.2 Å². The molecule has 5 nitrogen and oxygen atoms in total. The smallest absolute Gasteiger partial charge is 0.240 e. The first-order valence-electron chi connectivity index (χ1n) is 4.31. The van der Waals surface area contributed by atoms with Gasteiger partial charge in [-0.3, -0.25) is 5.41 Å². The topological polar surface area (TPSA) is 96.0 Å². The van der Waals surface area contributed by atoms with E-state index in [0.29, 0.717) is 0 Å². The average molecular weight is 227 g/mol. The third kappa shape index (κ3) is 3.34. The predicted octanol–water partition coefficient (Wildman–Crippen LogP) is 0.209. The second-order valence-corrected chi connectivity index (χ2v) is 4.93. The van der Waals surface area contributed by atoms with Crippen LogP contribution in [0.25, 0.3) is 0 Å². The first-order valence-corrected chi connectivity index (χ1v) is 5.79. The summed E-state index contributed by atoms with van der Waals surface area (Å²) in [6, 6.07) is 6.44. The van der Waals surface area contributed by atoms with Crippen molar-refractivity contribution in [2.45, 2.75) is 11.8 Å². The van der Waals surface area contributed by atoms with Crippen molar-refractivity contribution in [2.75, 3.05) is 6.54 Å². The fourth-order valence-corrected chi connectivity index (χ4v) is 1.98. The number of nitrogens with two attached hydrogens (primary N) is 1. The van der Waals surface area contributed by atoms with E-state index in [1.807, 2.05) is 6.92 Å². The van der Waals surface area contributed by atoms with Crippen molar-refractivity contribution in [1.82, 2.24) is 4.72 Å². The zero-order valence-electron chi connectivity index (χ0n) is 8.32. The van der Waals surface area contributed by atoms with Crippen molar-refractivity contribution in [3.63, 3.8) is 0 Å². The van der Waals surface area contributed by atoms with Crippen molar-refractivity contribution in [3.8, 4) is 0 Å². The SMILES string of the molecule is Cc1ccc(S(=O)(=O)NCC(=N)N)cc1. The lowest BCUT2D eigenvalue weighted by Crippen LogP contribution is -2.32. The van der Waals surface area contributed by atoms with Crippen LogP contribution in [0.2, 0.25) is 0 Å². The van der Waals surface area contributed by atoms with Gasteiger partial charge in [-0.05, 0) is 19.1 Å². The lowest BCUT2D eigenvalue weighted by Gasteiger charge is -2.05. The van der Waals surface area contributed by atoms with E-state index in [-0.39, 0.29) is 17.3 Å². The van der Waals surface area contributed by atoms with Crippen molar-refractivity contribution in [3.05, 3.63) is 29.8 Å². The van der Waals surface area contributed by atoms with Gasteiger partial charge in [-0.15, -0.1) is 0 Å². The molecule has 0 fully saturated rings. The Hall–Kier alpha value is -1.40. The Morgan fingerprint density at radius 1 is 1.40 bits per heavy atom. The molecule has 0 heterocycles. The average Bonchev–Trinajstić information content (AvgIpc) is 2.16. The summed E-state index contributed by atoms with van der Waals surface area (Å²) in [4.78, 5) is 0.175. The summed E-state index contributed by atoms with van der Waals surface area (Å²) >= 11 is 0. The number of aryl methyl sites for hydroxylation is 1. The van der Waals surface area contributed by atoms with Gasteiger partial charge in [0.2, 0.25) is 10.0 Å². The molecular formula is C9H13N3O2S. The number of amidine groups is 1. The summed E-state index contributed by atoms with van der Waals surface area (Å²) in [6.07, 6.45) is 0. The van der Waals surface area contributed by atoms with Gasteiger partial charge in [0.1, 0.15) is 5.84 Å². The zero-order valence-corrected chi connectivity index (χ0v) is 9.14. The first kappa shape index (κ1) is 11.7. The second-order valence-electron chi connectivity index (χ2n) is 3.16.